The monoisotopic (exact) mass is 616 g/mol. The van der Waals surface area contributed by atoms with Crippen LogP contribution in [0.1, 0.15) is 71.6 Å². The minimum absolute atomic E-state index is 0.120. The third kappa shape index (κ3) is 10.4. The summed E-state index contributed by atoms with van der Waals surface area (Å²) in [6.07, 6.45) is -1.06. The van der Waals surface area contributed by atoms with Crippen molar-refractivity contribution in [2.75, 3.05) is 13.2 Å². The van der Waals surface area contributed by atoms with Crippen molar-refractivity contribution in [3.8, 4) is 0 Å². The van der Waals surface area contributed by atoms with E-state index in [-0.39, 0.29) is 24.5 Å². The van der Waals surface area contributed by atoms with Crippen molar-refractivity contribution >= 4 is 17.9 Å². The van der Waals surface area contributed by atoms with Crippen molar-refractivity contribution in [1.82, 2.24) is 15.8 Å². The molecule has 2 atom stereocenters. The zero-order valence-electron chi connectivity index (χ0n) is 27.5. The molecule has 1 unspecified atom stereocenters. The molecule has 3 aromatic carbocycles. The van der Waals surface area contributed by atoms with E-state index in [1.165, 1.54) is 0 Å². The molecule has 0 heterocycles. The molecule has 0 aliphatic heterocycles. The highest BCUT2D eigenvalue weighted by molar-refractivity contribution is 5.89. The number of amides is 3. The van der Waals surface area contributed by atoms with Gasteiger partial charge in [0.05, 0.1) is 31.2 Å². The lowest BCUT2D eigenvalue weighted by molar-refractivity contribution is -0.131. The van der Waals surface area contributed by atoms with Crippen molar-refractivity contribution in [2.45, 2.75) is 77.7 Å². The van der Waals surface area contributed by atoms with Crippen LogP contribution < -0.4 is 16.5 Å². The first-order valence-electron chi connectivity index (χ1n) is 15.3. The second-order valence-corrected chi connectivity index (χ2v) is 13.3. The SMILES string of the molecule is C[C@@H](COC(C)(C)C)CN(NC(=O)C(N)CC(=O)NC(c1ccccc1)(c1ccccc1)c1ccccc1)C(=O)OC(C)(C)C. The minimum atomic E-state index is -1.25. The molecule has 4 N–H and O–H groups in total. The molecule has 3 aromatic rings. The van der Waals surface area contributed by atoms with Gasteiger partial charge in [-0.15, -0.1) is 0 Å². The fourth-order valence-electron chi connectivity index (χ4n) is 4.79. The molecule has 0 fully saturated rings. The van der Waals surface area contributed by atoms with Crippen LogP contribution in [0.2, 0.25) is 0 Å². The molecule has 9 heteroatoms. The van der Waals surface area contributed by atoms with Crippen LogP contribution in [0.25, 0.3) is 0 Å². The molecule has 45 heavy (non-hydrogen) atoms. The van der Waals surface area contributed by atoms with Gasteiger partial charge in [0.25, 0.3) is 5.91 Å². The maximum Gasteiger partial charge on any atom is 0.429 e. The van der Waals surface area contributed by atoms with Gasteiger partial charge in [-0.3, -0.25) is 15.0 Å². The van der Waals surface area contributed by atoms with Gasteiger partial charge in [-0.2, -0.15) is 0 Å². The summed E-state index contributed by atoms with van der Waals surface area (Å²) in [5.41, 5.74) is 9.22. The Labute approximate surface area is 267 Å². The van der Waals surface area contributed by atoms with Crippen LogP contribution in [0, 0.1) is 5.92 Å². The highest BCUT2D eigenvalue weighted by Gasteiger charge is 2.38. The molecule has 0 saturated carbocycles. The molecule has 242 valence electrons. The van der Waals surface area contributed by atoms with Gasteiger partial charge >= 0.3 is 6.09 Å². The Morgan fingerprint density at radius 1 is 0.756 bits per heavy atom. The van der Waals surface area contributed by atoms with E-state index in [4.69, 9.17) is 15.2 Å². The molecule has 0 spiro atoms. The second-order valence-electron chi connectivity index (χ2n) is 13.3. The number of hydrogen-bond donors (Lipinski definition) is 3. The number of hydrazine groups is 1. The zero-order chi connectivity index (χ0) is 33.3. The quantitative estimate of drug-likeness (QED) is 0.192. The van der Waals surface area contributed by atoms with Crippen molar-refractivity contribution < 1.29 is 23.9 Å². The summed E-state index contributed by atoms with van der Waals surface area (Å²) in [5, 5.41) is 4.32. The number of nitrogens with zero attached hydrogens (tertiary/aromatic N) is 1. The van der Waals surface area contributed by atoms with E-state index in [1.807, 2.05) is 119 Å². The van der Waals surface area contributed by atoms with Crippen molar-refractivity contribution in [2.24, 2.45) is 11.7 Å². The third-order valence-corrected chi connectivity index (χ3v) is 6.84. The van der Waals surface area contributed by atoms with E-state index in [9.17, 15) is 14.4 Å². The van der Waals surface area contributed by atoms with E-state index in [1.54, 1.807) is 20.8 Å². The van der Waals surface area contributed by atoms with Gasteiger partial charge in [0, 0.05) is 0 Å². The third-order valence-electron chi connectivity index (χ3n) is 6.84. The zero-order valence-corrected chi connectivity index (χ0v) is 27.5. The molecule has 0 aromatic heterocycles. The maximum absolute atomic E-state index is 13.8. The molecule has 9 nitrogen and oxygen atoms in total. The molecule has 0 bridgehead atoms. The predicted molar refractivity (Wildman–Crippen MR) is 176 cm³/mol. The predicted octanol–water partition coefficient (Wildman–Crippen LogP) is 5.53. The molecular weight excluding hydrogens is 568 g/mol. The molecule has 0 aliphatic rings. The first-order valence-corrected chi connectivity index (χ1v) is 15.3. The van der Waals surface area contributed by atoms with Crippen LogP contribution in [0.4, 0.5) is 4.79 Å². The minimum Gasteiger partial charge on any atom is -0.442 e. The molecule has 0 saturated heterocycles. The van der Waals surface area contributed by atoms with Crippen molar-refractivity contribution in [3.63, 3.8) is 0 Å². The van der Waals surface area contributed by atoms with E-state index in [0.29, 0.717) is 6.61 Å². The summed E-state index contributed by atoms with van der Waals surface area (Å²) in [5.74, 6) is -1.27. The average Bonchev–Trinajstić information content (AvgIpc) is 2.98. The van der Waals surface area contributed by atoms with Crippen molar-refractivity contribution in [3.05, 3.63) is 108 Å². The van der Waals surface area contributed by atoms with Crippen molar-refractivity contribution in [1.29, 1.82) is 0 Å². The van der Waals surface area contributed by atoms with Gasteiger partial charge in [0.2, 0.25) is 5.91 Å². The number of carbonyl (C=O) groups excluding carboxylic acids is 3. The van der Waals surface area contributed by atoms with Gasteiger partial charge in [0.15, 0.2) is 0 Å². The first-order chi connectivity index (χ1) is 21.1. The van der Waals surface area contributed by atoms with E-state index < -0.39 is 35.1 Å². The summed E-state index contributed by atoms with van der Waals surface area (Å²) >= 11 is 0. The fourth-order valence-corrected chi connectivity index (χ4v) is 4.79. The van der Waals surface area contributed by atoms with Gasteiger partial charge in [-0.05, 0) is 64.2 Å². The Bertz CT molecular complexity index is 1290. The van der Waals surface area contributed by atoms with Gasteiger partial charge in [-0.25, -0.2) is 9.80 Å². The number of carbonyl (C=O) groups is 3. The number of hydrogen-bond acceptors (Lipinski definition) is 6. The Balaban J connectivity index is 1.84. The summed E-state index contributed by atoms with van der Waals surface area (Å²) in [6, 6.07) is 27.7. The normalized spacial score (nSPS) is 13.3. The lowest BCUT2D eigenvalue weighted by Gasteiger charge is -2.37. The molecule has 0 aliphatic carbocycles. The standard InChI is InChI=1S/C36H48N4O5/c1-26(25-44-34(2,3)4)24-40(33(43)45-35(5,6)7)39-32(42)30(37)23-31(41)38-36(27-17-11-8-12-18-27,28-19-13-9-14-20-28)29-21-15-10-16-22-29/h8-22,26,30H,23-25,37H2,1-7H3,(H,38,41)(H,39,42)/t26-,30?/m1/s1. The van der Waals surface area contributed by atoms with E-state index in [0.717, 1.165) is 21.7 Å². The smallest absolute Gasteiger partial charge is 0.429 e. The largest absolute Gasteiger partial charge is 0.442 e. The number of nitrogens with one attached hydrogen (secondary N) is 2. The highest BCUT2D eigenvalue weighted by Crippen LogP contribution is 2.36. The first kappa shape index (κ1) is 35.3. The van der Waals surface area contributed by atoms with Crippen LogP contribution in [-0.2, 0) is 24.6 Å². The lowest BCUT2D eigenvalue weighted by Crippen LogP contribution is -2.56. The maximum atomic E-state index is 13.8. The van der Waals surface area contributed by atoms with Crippen LogP contribution in [0.5, 0.6) is 0 Å². The summed E-state index contributed by atoms with van der Waals surface area (Å²) in [4.78, 5) is 40.2. The number of nitrogens with two attached hydrogens (primary N) is 1. The van der Waals surface area contributed by atoms with Crippen LogP contribution in [0.15, 0.2) is 91.0 Å². The molecular formula is C36H48N4O5. The fraction of sp³-hybridized carbons (Fsp3) is 0.417. The Kier molecular flexibility index (Phi) is 11.9. The lowest BCUT2D eigenvalue weighted by atomic mass is 9.77. The second kappa shape index (κ2) is 15.2. The van der Waals surface area contributed by atoms with E-state index in [2.05, 4.69) is 10.7 Å². The Morgan fingerprint density at radius 3 is 1.60 bits per heavy atom. The molecule has 0 radical (unpaired) electrons. The van der Waals surface area contributed by atoms with Crippen LogP contribution in [-0.4, -0.2) is 53.3 Å². The Morgan fingerprint density at radius 2 is 1.20 bits per heavy atom. The number of benzene rings is 3. The summed E-state index contributed by atoms with van der Waals surface area (Å²) in [7, 11) is 0. The van der Waals surface area contributed by atoms with Crippen LogP contribution in [0.3, 0.4) is 0 Å². The number of rotatable bonds is 11. The van der Waals surface area contributed by atoms with Gasteiger partial charge in [0.1, 0.15) is 11.1 Å². The van der Waals surface area contributed by atoms with Gasteiger partial charge < -0.3 is 20.5 Å². The summed E-state index contributed by atoms with van der Waals surface area (Å²) < 4.78 is 11.4. The summed E-state index contributed by atoms with van der Waals surface area (Å²) in [6.45, 7) is 13.4. The number of ether oxygens (including phenoxy) is 2. The van der Waals surface area contributed by atoms with Crippen LogP contribution >= 0.6 is 0 Å². The van der Waals surface area contributed by atoms with Gasteiger partial charge in [-0.1, -0.05) is 97.9 Å². The van der Waals surface area contributed by atoms with E-state index >= 15 is 0 Å². The Hall–Kier alpha value is -4.21. The average molecular weight is 617 g/mol. The molecule has 3 amide bonds. The topological polar surface area (TPSA) is 123 Å². The molecule has 3 rings (SSSR count). The highest BCUT2D eigenvalue weighted by atomic mass is 16.6.